The van der Waals surface area contributed by atoms with Crippen LogP contribution in [0.15, 0.2) is 58.8 Å². The highest BCUT2D eigenvalue weighted by molar-refractivity contribution is 7.13. The summed E-state index contributed by atoms with van der Waals surface area (Å²) in [6.07, 6.45) is 1.62. The number of nitrogens with one attached hydrogen (secondary N) is 1. The highest BCUT2D eigenvalue weighted by Gasteiger charge is 2.08. The summed E-state index contributed by atoms with van der Waals surface area (Å²) in [6.45, 7) is 0. The van der Waals surface area contributed by atoms with Crippen molar-refractivity contribution in [3.63, 3.8) is 0 Å². The molecule has 0 aliphatic rings. The van der Waals surface area contributed by atoms with Crippen molar-refractivity contribution in [3.05, 3.63) is 64.4 Å². The van der Waals surface area contributed by atoms with Crippen LogP contribution >= 0.6 is 11.3 Å². The lowest BCUT2D eigenvalue weighted by molar-refractivity contribution is 1.23. The molecule has 0 atom stereocenters. The van der Waals surface area contributed by atoms with Gasteiger partial charge in [0, 0.05) is 17.1 Å². The van der Waals surface area contributed by atoms with Crippen molar-refractivity contribution in [2.24, 2.45) is 0 Å². The van der Waals surface area contributed by atoms with Gasteiger partial charge in [-0.3, -0.25) is 4.79 Å². The minimum absolute atomic E-state index is 0.105. The van der Waals surface area contributed by atoms with Crippen LogP contribution in [0.4, 0.5) is 0 Å². The number of benzene rings is 1. The van der Waals surface area contributed by atoms with Crippen LogP contribution in [0.2, 0.25) is 0 Å². The second-order valence-corrected chi connectivity index (χ2v) is 4.67. The number of nitrogens with zero attached hydrogens (tertiary/aromatic N) is 1. The van der Waals surface area contributed by atoms with E-state index in [0.717, 1.165) is 16.3 Å². The lowest BCUT2D eigenvalue weighted by atomic mass is 10.2. The molecule has 0 saturated carbocycles. The predicted molar refractivity (Wildman–Crippen MR) is 73.6 cm³/mol. The first-order chi connectivity index (χ1) is 8.84. The van der Waals surface area contributed by atoms with Crippen molar-refractivity contribution in [3.8, 4) is 21.8 Å². The first-order valence-corrected chi connectivity index (χ1v) is 6.41. The third kappa shape index (κ3) is 1.98. The van der Waals surface area contributed by atoms with E-state index in [1.165, 1.54) is 11.3 Å². The molecule has 88 valence electrons. The topological polar surface area (TPSA) is 45.8 Å². The van der Waals surface area contributed by atoms with Crippen LogP contribution < -0.4 is 5.56 Å². The minimum atomic E-state index is -0.105. The highest BCUT2D eigenvalue weighted by Crippen LogP contribution is 2.26. The van der Waals surface area contributed by atoms with Crippen LogP contribution in [0.3, 0.4) is 0 Å². The summed E-state index contributed by atoms with van der Waals surface area (Å²) in [6, 6.07) is 13.5. The van der Waals surface area contributed by atoms with Crippen LogP contribution in [0.5, 0.6) is 0 Å². The minimum Gasteiger partial charge on any atom is -0.329 e. The van der Waals surface area contributed by atoms with Gasteiger partial charge in [0.1, 0.15) is 5.01 Å². The summed E-state index contributed by atoms with van der Waals surface area (Å²) in [5.41, 5.74) is 2.47. The number of thiazole rings is 1. The maximum atomic E-state index is 11.7. The smallest absolute Gasteiger partial charge is 0.258 e. The van der Waals surface area contributed by atoms with Crippen LogP contribution in [0.1, 0.15) is 0 Å². The van der Waals surface area contributed by atoms with Crippen LogP contribution in [0, 0.1) is 0 Å². The molecule has 0 radical (unpaired) electrons. The second-order valence-electron chi connectivity index (χ2n) is 3.82. The SMILES string of the molecule is O=c1[nH]cccc1-c1nc(-c2ccccc2)cs1. The van der Waals surface area contributed by atoms with Crippen molar-refractivity contribution in [2.75, 3.05) is 0 Å². The summed E-state index contributed by atoms with van der Waals surface area (Å²) in [5.74, 6) is 0. The molecule has 3 rings (SSSR count). The molecule has 0 aliphatic carbocycles. The summed E-state index contributed by atoms with van der Waals surface area (Å²) < 4.78 is 0. The molecule has 0 saturated heterocycles. The lowest BCUT2D eigenvalue weighted by Gasteiger charge is -1.95. The van der Waals surface area contributed by atoms with Gasteiger partial charge in [-0.2, -0.15) is 0 Å². The highest BCUT2D eigenvalue weighted by atomic mass is 32.1. The molecule has 0 spiro atoms. The van der Waals surface area contributed by atoms with E-state index in [0.29, 0.717) is 5.56 Å². The molecule has 2 aromatic heterocycles. The molecule has 1 N–H and O–H groups in total. The Kier molecular flexibility index (Phi) is 2.78. The van der Waals surface area contributed by atoms with Gasteiger partial charge in [-0.05, 0) is 12.1 Å². The van der Waals surface area contributed by atoms with Crippen molar-refractivity contribution in [2.45, 2.75) is 0 Å². The van der Waals surface area contributed by atoms with E-state index in [4.69, 9.17) is 0 Å². The van der Waals surface area contributed by atoms with E-state index in [2.05, 4.69) is 9.97 Å². The zero-order valence-electron chi connectivity index (χ0n) is 9.46. The van der Waals surface area contributed by atoms with Gasteiger partial charge >= 0.3 is 0 Å². The van der Waals surface area contributed by atoms with Crippen LogP contribution in [-0.4, -0.2) is 9.97 Å². The quantitative estimate of drug-likeness (QED) is 0.763. The first-order valence-electron chi connectivity index (χ1n) is 5.53. The fourth-order valence-electron chi connectivity index (χ4n) is 1.73. The van der Waals surface area contributed by atoms with Gasteiger partial charge in [-0.15, -0.1) is 11.3 Å². The number of aromatic nitrogens is 2. The van der Waals surface area contributed by atoms with Crippen molar-refractivity contribution in [1.29, 1.82) is 0 Å². The van der Waals surface area contributed by atoms with Gasteiger partial charge < -0.3 is 4.98 Å². The average Bonchev–Trinajstić information content (AvgIpc) is 2.90. The Hall–Kier alpha value is -2.20. The molecule has 2 heterocycles. The van der Waals surface area contributed by atoms with Crippen LogP contribution in [-0.2, 0) is 0 Å². The van der Waals surface area contributed by atoms with Crippen LogP contribution in [0.25, 0.3) is 21.8 Å². The third-order valence-electron chi connectivity index (χ3n) is 2.62. The third-order valence-corrected chi connectivity index (χ3v) is 3.50. The van der Waals surface area contributed by atoms with Crippen molar-refractivity contribution < 1.29 is 0 Å². The summed E-state index contributed by atoms with van der Waals surface area (Å²) in [5, 5.41) is 2.72. The zero-order valence-corrected chi connectivity index (χ0v) is 10.3. The molecule has 4 heteroatoms. The van der Waals surface area contributed by atoms with E-state index in [1.807, 2.05) is 35.7 Å². The van der Waals surface area contributed by atoms with E-state index in [1.54, 1.807) is 18.3 Å². The van der Waals surface area contributed by atoms with E-state index in [-0.39, 0.29) is 5.56 Å². The number of H-pyrrole nitrogens is 1. The number of aromatic amines is 1. The normalized spacial score (nSPS) is 10.4. The van der Waals surface area contributed by atoms with E-state index in [9.17, 15) is 4.79 Å². The maximum Gasteiger partial charge on any atom is 0.258 e. The fraction of sp³-hybridized carbons (Fsp3) is 0. The second kappa shape index (κ2) is 4.58. The maximum absolute atomic E-state index is 11.7. The molecular weight excluding hydrogens is 244 g/mol. The number of hydrogen-bond acceptors (Lipinski definition) is 3. The molecule has 0 fully saturated rings. The summed E-state index contributed by atoms with van der Waals surface area (Å²) in [4.78, 5) is 18.8. The fourth-order valence-corrected chi connectivity index (χ4v) is 2.58. The number of pyridine rings is 1. The van der Waals surface area contributed by atoms with Crippen molar-refractivity contribution >= 4 is 11.3 Å². The van der Waals surface area contributed by atoms with Gasteiger partial charge in [0.15, 0.2) is 0 Å². The summed E-state index contributed by atoms with van der Waals surface area (Å²) >= 11 is 1.48. The standard InChI is InChI=1S/C14H10N2OS/c17-13-11(7-4-8-15-13)14-16-12(9-18-14)10-5-2-1-3-6-10/h1-9H,(H,15,17). The van der Waals surface area contributed by atoms with E-state index >= 15 is 0 Å². The largest absolute Gasteiger partial charge is 0.329 e. The zero-order chi connectivity index (χ0) is 12.4. The molecule has 0 bridgehead atoms. The van der Waals surface area contributed by atoms with Crippen molar-refractivity contribution in [1.82, 2.24) is 9.97 Å². The van der Waals surface area contributed by atoms with Gasteiger partial charge in [0.05, 0.1) is 11.3 Å². The Morgan fingerprint density at radius 2 is 1.89 bits per heavy atom. The molecule has 0 aliphatic heterocycles. The Balaban J connectivity index is 2.06. The molecular formula is C14H10N2OS. The molecule has 1 aromatic carbocycles. The Bertz CT molecular complexity index is 716. The Morgan fingerprint density at radius 3 is 2.67 bits per heavy atom. The molecule has 18 heavy (non-hydrogen) atoms. The Morgan fingerprint density at radius 1 is 1.06 bits per heavy atom. The molecule has 3 nitrogen and oxygen atoms in total. The average molecular weight is 254 g/mol. The summed E-state index contributed by atoms with van der Waals surface area (Å²) in [7, 11) is 0. The monoisotopic (exact) mass is 254 g/mol. The molecule has 3 aromatic rings. The Labute approximate surface area is 108 Å². The number of hydrogen-bond donors (Lipinski definition) is 1. The van der Waals surface area contributed by atoms with Gasteiger partial charge in [0.25, 0.3) is 5.56 Å². The lowest BCUT2D eigenvalue weighted by Crippen LogP contribution is -2.06. The van der Waals surface area contributed by atoms with Gasteiger partial charge in [-0.25, -0.2) is 4.98 Å². The molecule has 0 amide bonds. The first kappa shape index (κ1) is 10.9. The predicted octanol–water partition coefficient (Wildman–Crippen LogP) is 3.17. The van der Waals surface area contributed by atoms with E-state index < -0.39 is 0 Å². The molecule has 0 unspecified atom stereocenters. The number of rotatable bonds is 2. The van der Waals surface area contributed by atoms with Gasteiger partial charge in [0.2, 0.25) is 0 Å². The van der Waals surface area contributed by atoms with Gasteiger partial charge in [-0.1, -0.05) is 30.3 Å².